The number of thiazole rings is 1. The number of amides is 2. The van der Waals surface area contributed by atoms with Crippen molar-refractivity contribution in [3.63, 3.8) is 0 Å². The van der Waals surface area contributed by atoms with E-state index in [1.807, 2.05) is 17.8 Å². The molecule has 0 spiro atoms. The van der Waals surface area contributed by atoms with Gasteiger partial charge in [-0.15, -0.1) is 11.3 Å². The zero-order valence-electron chi connectivity index (χ0n) is 16.1. The summed E-state index contributed by atoms with van der Waals surface area (Å²) in [6.45, 7) is 4.89. The van der Waals surface area contributed by atoms with Crippen molar-refractivity contribution in [2.75, 3.05) is 23.7 Å². The molecule has 7 nitrogen and oxygen atoms in total. The molecule has 9 heteroatoms. The maximum atomic E-state index is 13.3. The van der Waals surface area contributed by atoms with Crippen molar-refractivity contribution in [1.82, 2.24) is 19.7 Å². The maximum absolute atomic E-state index is 13.3. The Kier molecular flexibility index (Phi) is 5.86. The predicted octanol–water partition coefficient (Wildman–Crippen LogP) is 4.27. The smallest absolute Gasteiger partial charge is 0.308 e. The highest BCUT2D eigenvalue weighted by Gasteiger charge is 2.23. The number of aromatic nitrogens is 3. The molecule has 0 saturated carbocycles. The number of likely N-dealkylation sites (tertiary alicyclic amines) is 1. The summed E-state index contributed by atoms with van der Waals surface area (Å²) in [5.41, 5.74) is 0.403. The van der Waals surface area contributed by atoms with E-state index in [1.54, 1.807) is 35.7 Å². The number of carbonyl (C=O) groups excluding carboxylic acids is 1. The minimum atomic E-state index is -0.421. The van der Waals surface area contributed by atoms with E-state index in [0.29, 0.717) is 11.5 Å². The lowest BCUT2D eigenvalue weighted by atomic mass is 10.1. The average molecular weight is 415 g/mol. The summed E-state index contributed by atoms with van der Waals surface area (Å²) in [5.74, 6) is 0.239. The first kappa shape index (κ1) is 19.5. The van der Waals surface area contributed by atoms with Gasteiger partial charge in [0.25, 0.3) is 0 Å². The highest BCUT2D eigenvalue weighted by atomic mass is 32.1. The van der Waals surface area contributed by atoms with Gasteiger partial charge >= 0.3 is 6.03 Å². The summed E-state index contributed by atoms with van der Waals surface area (Å²) in [6.07, 6.45) is 5.56. The number of hydrogen-bond acceptors (Lipinski definition) is 5. The number of nitrogens with zero attached hydrogens (tertiary/aromatic N) is 4. The number of aryl methyl sites for hydroxylation is 1. The Morgan fingerprint density at radius 3 is 2.83 bits per heavy atom. The quantitative estimate of drug-likeness (QED) is 0.654. The predicted molar refractivity (Wildman–Crippen MR) is 112 cm³/mol. The number of piperidine rings is 1. The van der Waals surface area contributed by atoms with Crippen LogP contribution < -0.4 is 10.6 Å². The average Bonchev–Trinajstić information content (AvgIpc) is 3.31. The molecule has 1 aliphatic heterocycles. The molecule has 2 amide bonds. The molecular weight excluding hydrogens is 391 g/mol. The van der Waals surface area contributed by atoms with Crippen molar-refractivity contribution in [2.45, 2.75) is 32.4 Å². The van der Waals surface area contributed by atoms with Crippen LogP contribution >= 0.6 is 11.3 Å². The normalized spacial score (nSPS) is 15.4. The van der Waals surface area contributed by atoms with Crippen molar-refractivity contribution < 1.29 is 9.18 Å². The fourth-order valence-electron chi connectivity index (χ4n) is 3.57. The van der Waals surface area contributed by atoms with Crippen LogP contribution in [-0.4, -0.2) is 38.8 Å². The van der Waals surface area contributed by atoms with E-state index in [9.17, 15) is 9.18 Å². The first-order valence-electron chi connectivity index (χ1n) is 9.57. The van der Waals surface area contributed by atoms with Crippen LogP contribution in [0.25, 0.3) is 0 Å². The summed E-state index contributed by atoms with van der Waals surface area (Å²) in [7, 11) is 0. The van der Waals surface area contributed by atoms with Crippen LogP contribution in [0, 0.1) is 12.7 Å². The zero-order chi connectivity index (χ0) is 20.2. The number of anilines is 2. The van der Waals surface area contributed by atoms with Crippen LogP contribution in [0.2, 0.25) is 0 Å². The van der Waals surface area contributed by atoms with E-state index in [-0.39, 0.29) is 6.04 Å². The van der Waals surface area contributed by atoms with E-state index < -0.39 is 11.8 Å². The highest BCUT2D eigenvalue weighted by molar-refractivity contribution is 7.11. The molecule has 4 rings (SSSR count). The SMILES string of the molecule is Cc1ncc(CN2CCC(n3nccc3NC(=O)Nc3cccc(F)c3)CC2)s1. The molecule has 1 saturated heterocycles. The van der Waals surface area contributed by atoms with Gasteiger partial charge in [-0.1, -0.05) is 6.07 Å². The first-order chi connectivity index (χ1) is 14.1. The van der Waals surface area contributed by atoms with Gasteiger partial charge in [-0.05, 0) is 38.0 Å². The van der Waals surface area contributed by atoms with E-state index in [4.69, 9.17) is 0 Å². The van der Waals surface area contributed by atoms with E-state index >= 15 is 0 Å². The molecule has 152 valence electrons. The molecule has 0 unspecified atom stereocenters. The number of halogens is 1. The number of urea groups is 1. The third-order valence-corrected chi connectivity index (χ3v) is 5.84. The second kappa shape index (κ2) is 8.71. The number of nitrogens with one attached hydrogen (secondary N) is 2. The van der Waals surface area contributed by atoms with Crippen molar-refractivity contribution in [2.24, 2.45) is 0 Å². The van der Waals surface area contributed by atoms with Crippen molar-refractivity contribution in [3.8, 4) is 0 Å². The van der Waals surface area contributed by atoms with E-state index in [1.165, 1.54) is 17.0 Å². The van der Waals surface area contributed by atoms with Gasteiger partial charge in [0.15, 0.2) is 0 Å². The minimum absolute atomic E-state index is 0.230. The fraction of sp³-hybridized carbons (Fsp3) is 0.350. The molecule has 29 heavy (non-hydrogen) atoms. The molecule has 1 fully saturated rings. The summed E-state index contributed by atoms with van der Waals surface area (Å²) >= 11 is 1.74. The van der Waals surface area contributed by atoms with Crippen LogP contribution in [0.4, 0.5) is 20.7 Å². The third-order valence-electron chi connectivity index (χ3n) is 4.95. The summed E-state index contributed by atoms with van der Waals surface area (Å²) < 4.78 is 15.2. The van der Waals surface area contributed by atoms with Crippen LogP contribution in [-0.2, 0) is 6.54 Å². The number of benzene rings is 1. The number of rotatable bonds is 5. The molecule has 0 bridgehead atoms. The lowest BCUT2D eigenvalue weighted by Gasteiger charge is -2.32. The van der Waals surface area contributed by atoms with Gasteiger partial charge in [0.2, 0.25) is 0 Å². The van der Waals surface area contributed by atoms with Gasteiger partial charge in [0.1, 0.15) is 11.6 Å². The van der Waals surface area contributed by atoms with Gasteiger partial charge in [0, 0.05) is 42.5 Å². The topological polar surface area (TPSA) is 75.1 Å². The molecule has 1 aromatic carbocycles. The Bertz CT molecular complexity index is 979. The molecule has 3 aromatic rings. The number of carbonyl (C=O) groups is 1. The Balaban J connectivity index is 1.32. The van der Waals surface area contributed by atoms with E-state index in [2.05, 4.69) is 25.6 Å². The third kappa shape index (κ3) is 4.99. The van der Waals surface area contributed by atoms with Crippen LogP contribution in [0.1, 0.15) is 28.8 Å². The number of hydrogen-bond donors (Lipinski definition) is 2. The lowest BCUT2D eigenvalue weighted by molar-refractivity contribution is 0.175. The molecule has 1 aliphatic rings. The Labute approximate surface area is 172 Å². The minimum Gasteiger partial charge on any atom is -0.308 e. The van der Waals surface area contributed by atoms with Gasteiger partial charge in [-0.2, -0.15) is 5.10 Å². The standard InChI is InChI=1S/C20H23FN6OS/c1-14-22-12-18(29-14)13-26-9-6-17(7-10-26)27-19(5-8-23-27)25-20(28)24-16-4-2-3-15(21)11-16/h2-5,8,11-12,17H,6-7,9-10,13H2,1H3,(H2,24,25,28). The van der Waals surface area contributed by atoms with E-state index in [0.717, 1.165) is 37.5 Å². The maximum Gasteiger partial charge on any atom is 0.324 e. The Hall–Kier alpha value is -2.78. The first-order valence-corrected chi connectivity index (χ1v) is 10.4. The van der Waals surface area contributed by atoms with Gasteiger partial charge in [0.05, 0.1) is 17.2 Å². The summed E-state index contributed by atoms with van der Waals surface area (Å²) in [5, 5.41) is 11.0. The summed E-state index contributed by atoms with van der Waals surface area (Å²) in [4.78, 5) is 20.3. The van der Waals surface area contributed by atoms with Gasteiger partial charge in [-0.3, -0.25) is 10.2 Å². The largest absolute Gasteiger partial charge is 0.324 e. The van der Waals surface area contributed by atoms with Gasteiger partial charge in [-0.25, -0.2) is 18.9 Å². The fourth-order valence-corrected chi connectivity index (χ4v) is 4.41. The zero-order valence-corrected chi connectivity index (χ0v) is 17.0. The second-order valence-electron chi connectivity index (χ2n) is 7.10. The molecule has 0 atom stereocenters. The van der Waals surface area contributed by atoms with Crippen LogP contribution in [0.5, 0.6) is 0 Å². The summed E-state index contributed by atoms with van der Waals surface area (Å²) in [6, 6.07) is 7.39. The monoisotopic (exact) mass is 414 g/mol. The highest BCUT2D eigenvalue weighted by Crippen LogP contribution is 2.27. The molecule has 0 radical (unpaired) electrons. The van der Waals surface area contributed by atoms with Crippen LogP contribution in [0.15, 0.2) is 42.7 Å². The van der Waals surface area contributed by atoms with Crippen molar-refractivity contribution in [1.29, 1.82) is 0 Å². The Morgan fingerprint density at radius 2 is 2.10 bits per heavy atom. The second-order valence-corrected chi connectivity index (χ2v) is 8.42. The molecule has 2 N–H and O–H groups in total. The Morgan fingerprint density at radius 1 is 1.28 bits per heavy atom. The van der Waals surface area contributed by atoms with Gasteiger partial charge < -0.3 is 5.32 Å². The lowest BCUT2D eigenvalue weighted by Crippen LogP contribution is -2.35. The van der Waals surface area contributed by atoms with Crippen LogP contribution in [0.3, 0.4) is 0 Å². The molecular formula is C20H23FN6OS. The molecule has 0 aliphatic carbocycles. The molecule has 2 aromatic heterocycles. The van der Waals surface area contributed by atoms with Crippen molar-refractivity contribution >= 4 is 28.9 Å². The molecule has 3 heterocycles. The van der Waals surface area contributed by atoms with Crippen molar-refractivity contribution in [3.05, 3.63) is 58.4 Å².